The van der Waals surface area contributed by atoms with Crippen LogP contribution in [0.1, 0.15) is 45.6 Å². The molecule has 1 aromatic heterocycles. The van der Waals surface area contributed by atoms with Crippen LogP contribution in [-0.2, 0) is 15.6 Å². The number of piperidine rings is 1. The molecule has 0 spiro atoms. The molecule has 0 bridgehead atoms. The van der Waals surface area contributed by atoms with Gasteiger partial charge in [0.2, 0.25) is 10.0 Å². The third-order valence-electron chi connectivity index (χ3n) is 5.74. The summed E-state index contributed by atoms with van der Waals surface area (Å²) in [6, 6.07) is 15.5. The molecule has 7 heteroatoms. The minimum Gasteiger partial charge on any atom is -0.311 e. The molecule has 32 heavy (non-hydrogen) atoms. The Morgan fingerprint density at radius 1 is 0.906 bits per heavy atom. The summed E-state index contributed by atoms with van der Waals surface area (Å²) < 4.78 is 29.8. The lowest BCUT2D eigenvalue weighted by molar-refractivity contribution is 0.346. The van der Waals surface area contributed by atoms with Gasteiger partial charge in [-0.3, -0.25) is 0 Å². The van der Waals surface area contributed by atoms with Crippen molar-refractivity contribution in [3.8, 4) is 11.3 Å². The second kappa shape index (κ2) is 8.96. The first-order valence-corrected chi connectivity index (χ1v) is 13.4. The van der Waals surface area contributed by atoms with Crippen molar-refractivity contribution in [2.24, 2.45) is 4.99 Å². The van der Waals surface area contributed by atoms with Crippen LogP contribution in [0.15, 0.2) is 63.8 Å². The van der Waals surface area contributed by atoms with Crippen molar-refractivity contribution in [1.82, 2.24) is 8.87 Å². The maximum absolute atomic E-state index is 13.0. The Bertz CT molecular complexity index is 1240. The predicted molar refractivity (Wildman–Crippen MR) is 132 cm³/mol. The van der Waals surface area contributed by atoms with Gasteiger partial charge in [0.15, 0.2) is 4.80 Å². The Hall–Kier alpha value is -2.22. The summed E-state index contributed by atoms with van der Waals surface area (Å²) in [7, 11) is -3.43. The molecule has 5 nitrogen and oxygen atoms in total. The molecular weight excluding hydrogens is 438 g/mol. The van der Waals surface area contributed by atoms with Crippen LogP contribution in [0.3, 0.4) is 0 Å². The first kappa shape index (κ1) is 23.0. The van der Waals surface area contributed by atoms with E-state index in [0.717, 1.165) is 41.0 Å². The van der Waals surface area contributed by atoms with Gasteiger partial charge in [0.25, 0.3) is 0 Å². The largest absolute Gasteiger partial charge is 0.311 e. The van der Waals surface area contributed by atoms with Gasteiger partial charge in [-0.1, -0.05) is 36.2 Å². The number of hydrogen-bond donors (Lipinski definition) is 0. The summed E-state index contributed by atoms with van der Waals surface area (Å²) >= 11 is 1.60. The summed E-state index contributed by atoms with van der Waals surface area (Å²) in [6.45, 7) is 9.77. The standard InChI is InChI=1S/C25H31N3O2S2/c1-19-8-12-21(13-9-19)26-24-28(25(2,3)4)23(18-31-24)20-10-14-22(15-11-20)32(29,30)27-16-6-5-7-17-27/h8-15,18H,5-7,16-17H2,1-4H3. The van der Waals surface area contributed by atoms with Crippen molar-refractivity contribution in [3.05, 3.63) is 64.3 Å². The zero-order valence-corrected chi connectivity index (χ0v) is 20.8. The van der Waals surface area contributed by atoms with Crippen LogP contribution in [0.2, 0.25) is 0 Å². The van der Waals surface area contributed by atoms with Crippen LogP contribution in [0.5, 0.6) is 0 Å². The highest BCUT2D eigenvalue weighted by Crippen LogP contribution is 2.29. The molecule has 0 atom stereocenters. The second-order valence-electron chi connectivity index (χ2n) is 9.35. The molecule has 0 N–H and O–H groups in total. The zero-order chi connectivity index (χ0) is 22.9. The summed E-state index contributed by atoms with van der Waals surface area (Å²) in [5.41, 5.74) is 3.97. The monoisotopic (exact) mass is 469 g/mol. The first-order chi connectivity index (χ1) is 15.2. The van der Waals surface area contributed by atoms with E-state index in [1.54, 1.807) is 27.8 Å². The van der Waals surface area contributed by atoms with Crippen molar-refractivity contribution in [1.29, 1.82) is 0 Å². The SMILES string of the molecule is Cc1ccc(N=c2scc(-c3ccc(S(=O)(=O)N4CCCCC4)cc3)n2C(C)(C)C)cc1. The zero-order valence-electron chi connectivity index (χ0n) is 19.2. The molecule has 2 heterocycles. The highest BCUT2D eigenvalue weighted by Gasteiger charge is 2.26. The number of benzene rings is 2. The maximum atomic E-state index is 13.0. The van der Waals surface area contributed by atoms with Crippen molar-refractivity contribution < 1.29 is 8.42 Å². The number of aromatic nitrogens is 1. The van der Waals surface area contributed by atoms with E-state index in [-0.39, 0.29) is 5.54 Å². The van der Waals surface area contributed by atoms with Gasteiger partial charge in [-0.15, -0.1) is 11.3 Å². The minimum absolute atomic E-state index is 0.183. The second-order valence-corrected chi connectivity index (χ2v) is 12.1. The molecule has 1 aliphatic rings. The number of aryl methyl sites for hydroxylation is 1. The average Bonchev–Trinajstić information content (AvgIpc) is 3.20. The van der Waals surface area contributed by atoms with Crippen LogP contribution < -0.4 is 4.80 Å². The average molecular weight is 470 g/mol. The van der Waals surface area contributed by atoms with E-state index in [4.69, 9.17) is 4.99 Å². The molecule has 0 amide bonds. The third-order valence-corrected chi connectivity index (χ3v) is 8.48. The number of rotatable bonds is 4. The van der Waals surface area contributed by atoms with Gasteiger partial charge in [-0.05, 0) is 70.4 Å². The Morgan fingerprint density at radius 2 is 1.53 bits per heavy atom. The lowest BCUT2D eigenvalue weighted by Crippen LogP contribution is -2.35. The smallest absolute Gasteiger partial charge is 0.243 e. The van der Waals surface area contributed by atoms with Gasteiger partial charge in [0.05, 0.1) is 16.3 Å². The van der Waals surface area contributed by atoms with Crippen molar-refractivity contribution in [2.45, 2.75) is 57.4 Å². The van der Waals surface area contributed by atoms with E-state index in [1.165, 1.54) is 5.56 Å². The van der Waals surface area contributed by atoms with Gasteiger partial charge >= 0.3 is 0 Å². The van der Waals surface area contributed by atoms with E-state index in [1.807, 2.05) is 24.3 Å². The van der Waals surface area contributed by atoms with E-state index in [2.05, 4.69) is 49.8 Å². The fraction of sp³-hybridized carbons (Fsp3) is 0.400. The molecular formula is C25H31N3O2S2. The molecule has 0 saturated carbocycles. The molecule has 0 aliphatic carbocycles. The lowest BCUT2D eigenvalue weighted by atomic mass is 10.1. The summed E-state index contributed by atoms with van der Waals surface area (Å²) in [4.78, 5) is 6.18. The fourth-order valence-corrected chi connectivity index (χ4v) is 6.63. The Labute approximate surface area is 195 Å². The molecule has 0 unspecified atom stereocenters. The van der Waals surface area contributed by atoms with Crippen LogP contribution in [0.4, 0.5) is 5.69 Å². The maximum Gasteiger partial charge on any atom is 0.243 e. The molecule has 1 fully saturated rings. The third kappa shape index (κ3) is 4.75. The van der Waals surface area contributed by atoms with E-state index in [0.29, 0.717) is 18.0 Å². The highest BCUT2D eigenvalue weighted by molar-refractivity contribution is 7.89. The van der Waals surface area contributed by atoms with Gasteiger partial charge < -0.3 is 4.57 Å². The number of sulfonamides is 1. The fourth-order valence-electron chi connectivity index (χ4n) is 4.02. The number of nitrogens with zero attached hydrogens (tertiary/aromatic N) is 3. The Balaban J connectivity index is 1.72. The molecule has 170 valence electrons. The van der Waals surface area contributed by atoms with Gasteiger partial charge in [0, 0.05) is 24.0 Å². The van der Waals surface area contributed by atoms with Crippen molar-refractivity contribution in [2.75, 3.05) is 13.1 Å². The molecule has 2 aromatic carbocycles. The Morgan fingerprint density at radius 3 is 2.12 bits per heavy atom. The van der Waals surface area contributed by atoms with E-state index < -0.39 is 10.0 Å². The van der Waals surface area contributed by atoms with Crippen LogP contribution in [0.25, 0.3) is 11.3 Å². The van der Waals surface area contributed by atoms with Crippen LogP contribution in [-0.4, -0.2) is 30.4 Å². The summed E-state index contributed by atoms with van der Waals surface area (Å²) in [5, 5.41) is 2.10. The van der Waals surface area contributed by atoms with Crippen LogP contribution in [0, 0.1) is 6.92 Å². The first-order valence-electron chi connectivity index (χ1n) is 11.1. The number of thiazole rings is 1. The van der Waals surface area contributed by atoms with Gasteiger partial charge in [-0.25, -0.2) is 13.4 Å². The lowest BCUT2D eigenvalue weighted by Gasteiger charge is -2.26. The van der Waals surface area contributed by atoms with Gasteiger partial charge in [-0.2, -0.15) is 4.31 Å². The summed E-state index contributed by atoms with van der Waals surface area (Å²) in [6.07, 6.45) is 2.97. The molecule has 0 radical (unpaired) electrons. The van der Waals surface area contributed by atoms with E-state index >= 15 is 0 Å². The highest BCUT2D eigenvalue weighted by atomic mass is 32.2. The van der Waals surface area contributed by atoms with Gasteiger partial charge in [0.1, 0.15) is 0 Å². The summed E-state index contributed by atoms with van der Waals surface area (Å²) in [5.74, 6) is 0. The molecule has 1 saturated heterocycles. The quantitative estimate of drug-likeness (QED) is 0.493. The van der Waals surface area contributed by atoms with Crippen molar-refractivity contribution in [3.63, 3.8) is 0 Å². The topological polar surface area (TPSA) is 54.7 Å². The number of hydrogen-bond acceptors (Lipinski definition) is 4. The Kier molecular flexibility index (Phi) is 6.43. The molecule has 1 aliphatic heterocycles. The minimum atomic E-state index is -3.43. The van der Waals surface area contributed by atoms with Crippen molar-refractivity contribution >= 4 is 27.0 Å². The predicted octanol–water partition coefficient (Wildman–Crippen LogP) is 5.69. The molecule has 3 aromatic rings. The normalized spacial score (nSPS) is 16.4. The molecule has 4 rings (SSSR count). The van der Waals surface area contributed by atoms with E-state index in [9.17, 15) is 8.42 Å². The van der Waals surface area contributed by atoms with Crippen LogP contribution >= 0.6 is 11.3 Å².